The highest BCUT2D eigenvalue weighted by molar-refractivity contribution is 7.03. The maximum absolute atomic E-state index is 5.55. The maximum atomic E-state index is 5.55. The molecule has 0 bridgehead atoms. The average molecular weight is 238 g/mol. The first-order chi connectivity index (χ1) is 7.86. The van der Waals surface area contributed by atoms with Crippen molar-refractivity contribution in [2.24, 2.45) is 5.84 Å². The monoisotopic (exact) mass is 238 g/mol. The molecule has 2 heterocycles. The highest BCUT2D eigenvalue weighted by Gasteiger charge is 2.19. The van der Waals surface area contributed by atoms with Crippen LogP contribution in [0.5, 0.6) is 0 Å². The van der Waals surface area contributed by atoms with Gasteiger partial charge in [-0.3, -0.25) is 5.84 Å². The van der Waals surface area contributed by atoms with Gasteiger partial charge in [-0.2, -0.15) is 0 Å². The first-order valence-electron chi connectivity index (χ1n) is 5.11. The van der Waals surface area contributed by atoms with E-state index in [0.717, 1.165) is 24.5 Å². The zero-order chi connectivity index (χ0) is 11.4. The Hall–Kier alpha value is -1.31. The average Bonchev–Trinajstić information content (AvgIpc) is 2.92. The molecule has 86 valence electrons. The second-order valence-corrected chi connectivity index (χ2v) is 4.02. The molecule has 0 aliphatic rings. The van der Waals surface area contributed by atoms with E-state index >= 15 is 0 Å². The van der Waals surface area contributed by atoms with E-state index in [1.165, 1.54) is 11.5 Å². The molecule has 1 atom stereocenters. The van der Waals surface area contributed by atoms with Gasteiger partial charge in [-0.05, 0) is 18.0 Å². The molecule has 2 aromatic rings. The molecule has 2 rings (SSSR count). The second-order valence-electron chi connectivity index (χ2n) is 3.41. The number of hydrogen-bond acceptors (Lipinski definition) is 6. The first kappa shape index (κ1) is 11.2. The third-order valence-electron chi connectivity index (χ3n) is 2.31. The molecule has 2 aromatic heterocycles. The number of rotatable bonds is 5. The predicted octanol–water partition coefficient (Wildman–Crippen LogP) is 0.697. The normalized spacial score (nSPS) is 12.9. The molecule has 3 N–H and O–H groups in total. The fourth-order valence-corrected chi connectivity index (χ4v) is 2.08. The lowest BCUT2D eigenvalue weighted by Gasteiger charge is -2.14. The predicted molar refractivity (Wildman–Crippen MR) is 61.6 cm³/mol. The molecule has 0 aliphatic heterocycles. The van der Waals surface area contributed by atoms with Crippen molar-refractivity contribution in [1.82, 2.24) is 24.6 Å². The molecule has 0 aliphatic carbocycles. The van der Waals surface area contributed by atoms with Crippen LogP contribution in [0.25, 0.3) is 0 Å². The van der Waals surface area contributed by atoms with Crippen LogP contribution in [0.2, 0.25) is 0 Å². The molecule has 0 fully saturated rings. The van der Waals surface area contributed by atoms with E-state index in [4.69, 9.17) is 5.84 Å². The summed E-state index contributed by atoms with van der Waals surface area (Å²) < 4.78 is 5.91. The van der Waals surface area contributed by atoms with E-state index in [0.29, 0.717) is 0 Å². The van der Waals surface area contributed by atoms with Gasteiger partial charge in [0, 0.05) is 24.3 Å². The lowest BCUT2D eigenvalue weighted by atomic mass is 10.2. The Morgan fingerprint density at radius 3 is 3.12 bits per heavy atom. The van der Waals surface area contributed by atoms with Gasteiger partial charge in [0.2, 0.25) is 0 Å². The fraction of sp³-hybridized carbons (Fsp3) is 0.444. The molecule has 0 amide bonds. The van der Waals surface area contributed by atoms with Gasteiger partial charge in [-0.1, -0.05) is 11.4 Å². The number of imidazole rings is 1. The summed E-state index contributed by atoms with van der Waals surface area (Å²) in [5.74, 6) is 6.43. The van der Waals surface area contributed by atoms with Crippen molar-refractivity contribution in [3.05, 3.63) is 29.3 Å². The van der Waals surface area contributed by atoms with Crippen molar-refractivity contribution in [3.63, 3.8) is 0 Å². The molecule has 0 radical (unpaired) electrons. The van der Waals surface area contributed by atoms with Crippen molar-refractivity contribution >= 4 is 11.5 Å². The summed E-state index contributed by atoms with van der Waals surface area (Å²) in [5, 5.41) is 5.89. The summed E-state index contributed by atoms with van der Waals surface area (Å²) in [5.41, 5.74) is 3.53. The highest BCUT2D eigenvalue weighted by Crippen LogP contribution is 2.18. The molecule has 0 saturated carbocycles. The molecule has 16 heavy (non-hydrogen) atoms. The van der Waals surface area contributed by atoms with Crippen LogP contribution in [0.3, 0.4) is 0 Å². The number of nitrogens with one attached hydrogen (secondary N) is 1. The molecule has 1 unspecified atom stereocenters. The fourth-order valence-electron chi connectivity index (χ4n) is 1.60. The Kier molecular flexibility index (Phi) is 3.60. The SMILES string of the molecule is CCCn1ccnc1C(NN)c1csnn1. The van der Waals surface area contributed by atoms with Crippen LogP contribution in [0.4, 0.5) is 0 Å². The van der Waals surface area contributed by atoms with E-state index in [1.54, 1.807) is 6.20 Å². The zero-order valence-corrected chi connectivity index (χ0v) is 9.81. The Morgan fingerprint density at radius 2 is 2.50 bits per heavy atom. The number of nitrogens with two attached hydrogens (primary N) is 1. The van der Waals surface area contributed by atoms with Gasteiger partial charge in [-0.15, -0.1) is 5.10 Å². The van der Waals surface area contributed by atoms with E-state index in [9.17, 15) is 0 Å². The Bertz CT molecular complexity index is 423. The molecular weight excluding hydrogens is 224 g/mol. The number of hydrazine groups is 1. The number of aromatic nitrogens is 4. The van der Waals surface area contributed by atoms with Crippen LogP contribution in [-0.2, 0) is 6.54 Å². The standard InChI is InChI=1S/C9H14N6S/c1-2-4-15-5-3-11-9(15)8(12-10)7-6-16-14-13-7/h3,5-6,8,12H,2,4,10H2,1H3. The third-order valence-corrected chi connectivity index (χ3v) is 2.83. The van der Waals surface area contributed by atoms with Crippen LogP contribution in [0.15, 0.2) is 17.8 Å². The van der Waals surface area contributed by atoms with E-state index in [1.807, 2.05) is 11.6 Å². The summed E-state index contributed by atoms with van der Waals surface area (Å²) in [6.07, 6.45) is 4.77. The van der Waals surface area contributed by atoms with Crippen LogP contribution >= 0.6 is 11.5 Å². The second kappa shape index (κ2) is 5.15. The van der Waals surface area contributed by atoms with Crippen LogP contribution in [0.1, 0.15) is 30.9 Å². The van der Waals surface area contributed by atoms with Gasteiger partial charge < -0.3 is 4.57 Å². The van der Waals surface area contributed by atoms with Crippen molar-refractivity contribution in [1.29, 1.82) is 0 Å². The van der Waals surface area contributed by atoms with E-state index in [-0.39, 0.29) is 6.04 Å². The van der Waals surface area contributed by atoms with Crippen LogP contribution in [-0.4, -0.2) is 19.1 Å². The molecule has 0 spiro atoms. The molecule has 6 nitrogen and oxygen atoms in total. The Labute approximate surface area is 97.6 Å². The lowest BCUT2D eigenvalue weighted by molar-refractivity contribution is 0.535. The van der Waals surface area contributed by atoms with E-state index < -0.39 is 0 Å². The van der Waals surface area contributed by atoms with E-state index in [2.05, 4.69) is 31.5 Å². The molecule has 7 heteroatoms. The van der Waals surface area contributed by atoms with Gasteiger partial charge in [-0.25, -0.2) is 10.4 Å². The largest absolute Gasteiger partial charge is 0.333 e. The van der Waals surface area contributed by atoms with Gasteiger partial charge >= 0.3 is 0 Å². The van der Waals surface area contributed by atoms with Crippen molar-refractivity contribution < 1.29 is 0 Å². The summed E-state index contributed by atoms with van der Waals surface area (Å²) in [6.45, 7) is 3.05. The quantitative estimate of drug-likeness (QED) is 0.592. The molecule has 0 aromatic carbocycles. The first-order valence-corrected chi connectivity index (χ1v) is 5.94. The Morgan fingerprint density at radius 1 is 1.62 bits per heavy atom. The summed E-state index contributed by atoms with van der Waals surface area (Å²) >= 11 is 1.31. The van der Waals surface area contributed by atoms with Crippen LogP contribution < -0.4 is 11.3 Å². The summed E-state index contributed by atoms with van der Waals surface area (Å²) in [6, 6.07) is -0.194. The number of nitrogens with zero attached hydrogens (tertiary/aromatic N) is 4. The van der Waals surface area contributed by atoms with Crippen LogP contribution in [0, 0.1) is 0 Å². The van der Waals surface area contributed by atoms with Crippen molar-refractivity contribution in [3.8, 4) is 0 Å². The van der Waals surface area contributed by atoms with Gasteiger partial charge in [0.1, 0.15) is 17.6 Å². The topological polar surface area (TPSA) is 81.7 Å². The van der Waals surface area contributed by atoms with Gasteiger partial charge in [0.05, 0.1) is 0 Å². The molecular formula is C9H14N6S. The minimum Gasteiger partial charge on any atom is -0.333 e. The zero-order valence-electron chi connectivity index (χ0n) is 9.00. The summed E-state index contributed by atoms with van der Waals surface area (Å²) in [7, 11) is 0. The van der Waals surface area contributed by atoms with Crippen molar-refractivity contribution in [2.75, 3.05) is 0 Å². The van der Waals surface area contributed by atoms with Gasteiger partial charge in [0.15, 0.2) is 0 Å². The maximum Gasteiger partial charge on any atom is 0.133 e. The lowest BCUT2D eigenvalue weighted by Crippen LogP contribution is -2.31. The van der Waals surface area contributed by atoms with Gasteiger partial charge in [0.25, 0.3) is 0 Å². The molecule has 0 saturated heterocycles. The number of aryl methyl sites for hydroxylation is 1. The van der Waals surface area contributed by atoms with Crippen molar-refractivity contribution in [2.45, 2.75) is 25.9 Å². The summed E-state index contributed by atoms with van der Waals surface area (Å²) in [4.78, 5) is 4.32. The third kappa shape index (κ3) is 2.11. The minimum absolute atomic E-state index is 0.194. The minimum atomic E-state index is -0.194. The Balaban J connectivity index is 2.30. The number of hydrogen-bond donors (Lipinski definition) is 2. The smallest absolute Gasteiger partial charge is 0.133 e. The highest BCUT2D eigenvalue weighted by atomic mass is 32.1.